The second-order valence-corrected chi connectivity index (χ2v) is 0.105. The summed E-state index contributed by atoms with van der Waals surface area (Å²) in [6.07, 6.45) is 0. The van der Waals surface area contributed by atoms with Gasteiger partial charge in [-0.1, -0.05) is 0 Å². The number of carboxylic acid groups (broad SMARTS) is 1. The van der Waals surface area contributed by atoms with Gasteiger partial charge < -0.3 is 12.5 Å². The van der Waals surface area contributed by atoms with E-state index in [4.69, 9.17) is 9.90 Å². The second kappa shape index (κ2) is 19.4. The van der Waals surface area contributed by atoms with Crippen LogP contribution in [0.15, 0.2) is 0 Å². The van der Waals surface area contributed by atoms with Gasteiger partial charge in [-0.15, -0.1) is 0 Å². The van der Waals surface area contributed by atoms with Gasteiger partial charge in [0.05, 0.1) is 0 Å². The van der Waals surface area contributed by atoms with E-state index in [1.165, 1.54) is 0 Å². The summed E-state index contributed by atoms with van der Waals surface area (Å²) in [5.74, 6) is 0. The van der Waals surface area contributed by atoms with Gasteiger partial charge in [-0.3, -0.25) is 4.79 Å². The van der Waals surface area contributed by atoms with Crippen LogP contribution in [0.1, 0.15) is 0 Å². The average molecular weight is 100 g/mol. The molecule has 0 saturated heterocycles. The molecular weight excluding hydrogens is 95.1 g/mol. The summed E-state index contributed by atoms with van der Waals surface area (Å²) in [6, 6.07) is 0. The molecule has 0 fully saturated rings. The van der Waals surface area contributed by atoms with Crippen LogP contribution in [0.4, 0.5) is 0 Å². The van der Waals surface area contributed by atoms with E-state index in [1.54, 1.807) is 0 Å². The van der Waals surface area contributed by atoms with E-state index in [0.717, 1.165) is 0 Å². The van der Waals surface area contributed by atoms with Crippen LogP contribution in [-0.2, 0) is 4.79 Å². The molecule has 0 aliphatic heterocycles. The Kier molecular flexibility index (Phi) is 64.0. The number of hydrogen-bond donors (Lipinski definition) is 1. The molecule has 0 atom stereocenters. The van der Waals surface area contributed by atoms with Crippen molar-refractivity contribution in [3.8, 4) is 0 Å². The van der Waals surface area contributed by atoms with Gasteiger partial charge in [-0.05, 0) is 0 Å². The van der Waals surface area contributed by atoms with Crippen molar-refractivity contribution in [3.05, 3.63) is 7.43 Å². The fourth-order valence-corrected chi connectivity index (χ4v) is 0. The Balaban J connectivity index is -0.0000000200. The molecule has 3 heteroatoms. The van der Waals surface area contributed by atoms with Crippen LogP contribution >= 0.6 is 0 Å². The van der Waals surface area contributed by atoms with E-state index in [9.17, 15) is 0 Å². The molecule has 2 nitrogen and oxygen atoms in total. The van der Waals surface area contributed by atoms with Crippen molar-refractivity contribution in [1.82, 2.24) is 0 Å². The van der Waals surface area contributed by atoms with E-state index >= 15 is 0 Å². The summed E-state index contributed by atoms with van der Waals surface area (Å²) in [7, 11) is 0. The van der Waals surface area contributed by atoms with Crippen LogP contribution in [0.3, 0.4) is 0 Å². The second-order valence-electron chi connectivity index (χ2n) is 0.105. The summed E-state index contributed by atoms with van der Waals surface area (Å²) in [6.45, 7) is -0.250. The first-order valence-corrected chi connectivity index (χ1v) is 0.494. The molecule has 0 saturated carbocycles. The zero-order chi connectivity index (χ0) is 2.71. The SMILES string of the molecule is O=CO.[CH3-].[K+]. The predicted molar refractivity (Wildman–Crippen MR) is 15.1 cm³/mol. The molecule has 0 rings (SSSR count). The van der Waals surface area contributed by atoms with Gasteiger partial charge in [0.25, 0.3) is 6.47 Å². The molecule has 0 aromatic carbocycles. The molecule has 0 spiro atoms. The van der Waals surface area contributed by atoms with Gasteiger partial charge in [-0.25, -0.2) is 0 Å². The quantitative estimate of drug-likeness (QED) is 0.202. The summed E-state index contributed by atoms with van der Waals surface area (Å²) in [5.41, 5.74) is 0. The van der Waals surface area contributed by atoms with Gasteiger partial charge >= 0.3 is 51.4 Å². The first-order chi connectivity index (χ1) is 1.41. The maximum atomic E-state index is 8.36. The average Bonchev–Trinajstić information content (AvgIpc) is 0.918. The first-order valence-electron chi connectivity index (χ1n) is 0.494. The minimum absolute atomic E-state index is 0. The molecule has 0 heterocycles. The van der Waals surface area contributed by atoms with Crippen LogP contribution < -0.4 is 51.4 Å². The third-order valence-corrected chi connectivity index (χ3v) is 0. The maximum Gasteiger partial charge on any atom is 1.00 e. The molecule has 0 unspecified atom stereocenters. The molecule has 0 aliphatic carbocycles. The Morgan fingerprint density at radius 1 is 1.60 bits per heavy atom. The minimum atomic E-state index is -0.250. The molecular formula is C2H5KO2. The number of carbonyl (C=O) groups is 1. The van der Waals surface area contributed by atoms with Crippen molar-refractivity contribution in [2.45, 2.75) is 0 Å². The monoisotopic (exact) mass is 100.0 g/mol. The Morgan fingerprint density at radius 2 is 1.60 bits per heavy atom. The number of rotatable bonds is 0. The van der Waals surface area contributed by atoms with Crippen molar-refractivity contribution >= 4 is 6.47 Å². The smallest absolute Gasteiger partial charge is 0.483 e. The van der Waals surface area contributed by atoms with Gasteiger partial charge in [0.15, 0.2) is 0 Å². The third-order valence-electron chi connectivity index (χ3n) is 0. The third kappa shape index (κ3) is 40.3. The van der Waals surface area contributed by atoms with Crippen LogP contribution in [0.25, 0.3) is 0 Å². The van der Waals surface area contributed by atoms with Gasteiger partial charge in [-0.2, -0.15) is 0 Å². The maximum absolute atomic E-state index is 8.36. The van der Waals surface area contributed by atoms with Crippen molar-refractivity contribution in [2.24, 2.45) is 0 Å². The molecule has 0 aromatic heterocycles. The summed E-state index contributed by atoms with van der Waals surface area (Å²) in [5, 5.41) is 6.89. The standard InChI is InChI=1S/CH2O2.CH3.K/c2-1-3;;/h1H,(H,2,3);1H3;/q;-1;+1. The molecule has 1 N–H and O–H groups in total. The van der Waals surface area contributed by atoms with E-state index in [0.29, 0.717) is 0 Å². The zero-order valence-electron chi connectivity index (χ0n) is 3.43. The van der Waals surface area contributed by atoms with E-state index in [-0.39, 0.29) is 65.3 Å². The van der Waals surface area contributed by atoms with Crippen LogP contribution in [0.2, 0.25) is 0 Å². The molecule has 0 aliphatic rings. The largest absolute Gasteiger partial charge is 1.00 e. The molecule has 0 aromatic rings. The Morgan fingerprint density at radius 3 is 1.60 bits per heavy atom. The van der Waals surface area contributed by atoms with Crippen molar-refractivity contribution in [2.75, 3.05) is 0 Å². The van der Waals surface area contributed by atoms with E-state index in [2.05, 4.69) is 0 Å². The van der Waals surface area contributed by atoms with Crippen molar-refractivity contribution in [3.63, 3.8) is 0 Å². The molecule has 0 bridgehead atoms. The molecule has 0 amide bonds. The van der Waals surface area contributed by atoms with E-state index < -0.39 is 0 Å². The summed E-state index contributed by atoms with van der Waals surface area (Å²) in [4.78, 5) is 8.36. The molecule has 0 radical (unpaired) electrons. The fourth-order valence-electron chi connectivity index (χ4n) is 0. The molecule has 26 valence electrons. The Labute approximate surface area is 74.0 Å². The van der Waals surface area contributed by atoms with Crippen LogP contribution in [-0.4, -0.2) is 11.6 Å². The first kappa shape index (κ1) is 16.5. The van der Waals surface area contributed by atoms with Crippen LogP contribution in [0.5, 0.6) is 0 Å². The zero-order valence-corrected chi connectivity index (χ0v) is 6.56. The Hall–Kier alpha value is 1.11. The topological polar surface area (TPSA) is 37.3 Å². The van der Waals surface area contributed by atoms with E-state index in [1.807, 2.05) is 0 Å². The summed E-state index contributed by atoms with van der Waals surface area (Å²) >= 11 is 0. The van der Waals surface area contributed by atoms with Crippen molar-refractivity contribution < 1.29 is 61.3 Å². The normalized spacial score (nSPS) is 2.40. The van der Waals surface area contributed by atoms with Gasteiger partial charge in [0.1, 0.15) is 0 Å². The van der Waals surface area contributed by atoms with Gasteiger partial charge in [0.2, 0.25) is 0 Å². The summed E-state index contributed by atoms with van der Waals surface area (Å²) < 4.78 is 0. The minimum Gasteiger partial charge on any atom is -0.483 e. The predicted octanol–water partition coefficient (Wildman–Crippen LogP) is -2.84. The molecule has 5 heavy (non-hydrogen) atoms. The van der Waals surface area contributed by atoms with Crippen LogP contribution in [0, 0.1) is 7.43 Å². The fraction of sp³-hybridized carbons (Fsp3) is 0. The van der Waals surface area contributed by atoms with Crippen molar-refractivity contribution in [1.29, 1.82) is 0 Å². The van der Waals surface area contributed by atoms with Gasteiger partial charge in [0, 0.05) is 0 Å². The number of hydrogen-bond acceptors (Lipinski definition) is 1. The Bertz CT molecular complexity index is 15.1.